The topological polar surface area (TPSA) is 58.6 Å². The minimum Gasteiger partial charge on any atom is -0.491 e. The molecule has 1 unspecified atom stereocenters. The lowest BCUT2D eigenvalue weighted by molar-refractivity contribution is -0.145. The van der Waals surface area contributed by atoms with Crippen LogP contribution in [0.3, 0.4) is 0 Å². The molecule has 1 aliphatic carbocycles. The first-order valence-electron chi connectivity index (χ1n) is 5.79. The SMILES string of the molecule is CC(COc1ccccc1)(NC1CC1)C(=O)O. The third kappa shape index (κ3) is 3.20. The van der Waals surface area contributed by atoms with E-state index in [2.05, 4.69) is 5.32 Å². The minimum absolute atomic E-state index is 0.128. The van der Waals surface area contributed by atoms with Gasteiger partial charge in [0, 0.05) is 6.04 Å². The average molecular weight is 235 g/mol. The van der Waals surface area contributed by atoms with Gasteiger partial charge in [-0.05, 0) is 31.9 Å². The van der Waals surface area contributed by atoms with Crippen LogP contribution in [0.25, 0.3) is 0 Å². The first kappa shape index (κ1) is 11.9. The molecule has 2 N–H and O–H groups in total. The summed E-state index contributed by atoms with van der Waals surface area (Å²) in [6.07, 6.45) is 2.10. The highest BCUT2D eigenvalue weighted by Crippen LogP contribution is 2.23. The number of ether oxygens (including phenoxy) is 1. The highest BCUT2D eigenvalue weighted by molar-refractivity contribution is 5.78. The summed E-state index contributed by atoms with van der Waals surface area (Å²) >= 11 is 0. The van der Waals surface area contributed by atoms with Crippen LogP contribution in [0.2, 0.25) is 0 Å². The molecule has 1 aliphatic rings. The van der Waals surface area contributed by atoms with Crippen LogP contribution in [0, 0.1) is 0 Å². The van der Waals surface area contributed by atoms with Gasteiger partial charge in [0.05, 0.1) is 0 Å². The van der Waals surface area contributed by atoms with Crippen molar-refractivity contribution < 1.29 is 14.6 Å². The molecular formula is C13H17NO3. The van der Waals surface area contributed by atoms with Gasteiger partial charge in [-0.3, -0.25) is 10.1 Å². The van der Waals surface area contributed by atoms with Gasteiger partial charge in [-0.15, -0.1) is 0 Å². The number of carboxylic acids is 1. The number of para-hydroxylation sites is 1. The molecule has 0 aliphatic heterocycles. The molecule has 0 bridgehead atoms. The molecular weight excluding hydrogens is 218 g/mol. The van der Waals surface area contributed by atoms with Crippen molar-refractivity contribution in [2.45, 2.75) is 31.3 Å². The molecule has 1 atom stereocenters. The largest absolute Gasteiger partial charge is 0.491 e. The van der Waals surface area contributed by atoms with E-state index >= 15 is 0 Å². The summed E-state index contributed by atoms with van der Waals surface area (Å²) in [6.45, 7) is 1.79. The van der Waals surface area contributed by atoms with Crippen molar-refractivity contribution in [3.05, 3.63) is 30.3 Å². The fraction of sp³-hybridized carbons (Fsp3) is 0.462. The van der Waals surface area contributed by atoms with Gasteiger partial charge in [0.1, 0.15) is 17.9 Å². The number of benzene rings is 1. The molecule has 1 aromatic carbocycles. The summed E-state index contributed by atoms with van der Waals surface area (Å²) in [7, 11) is 0. The van der Waals surface area contributed by atoms with Crippen LogP contribution < -0.4 is 10.1 Å². The van der Waals surface area contributed by atoms with Gasteiger partial charge in [-0.1, -0.05) is 18.2 Å². The van der Waals surface area contributed by atoms with Crippen LogP contribution in [-0.2, 0) is 4.79 Å². The molecule has 1 saturated carbocycles. The Labute approximate surface area is 101 Å². The van der Waals surface area contributed by atoms with E-state index in [-0.39, 0.29) is 6.61 Å². The number of hydrogen-bond acceptors (Lipinski definition) is 3. The van der Waals surface area contributed by atoms with Crippen molar-refractivity contribution in [2.24, 2.45) is 0 Å². The van der Waals surface area contributed by atoms with E-state index in [1.165, 1.54) is 0 Å². The molecule has 1 aromatic rings. The van der Waals surface area contributed by atoms with Gasteiger partial charge >= 0.3 is 5.97 Å². The number of carbonyl (C=O) groups is 1. The van der Waals surface area contributed by atoms with E-state index in [1.54, 1.807) is 6.92 Å². The van der Waals surface area contributed by atoms with Gasteiger partial charge in [0.15, 0.2) is 0 Å². The van der Waals surface area contributed by atoms with E-state index in [4.69, 9.17) is 4.74 Å². The number of nitrogens with one attached hydrogen (secondary N) is 1. The van der Waals surface area contributed by atoms with Crippen LogP contribution in [0.15, 0.2) is 30.3 Å². The number of carboxylic acid groups (broad SMARTS) is 1. The lowest BCUT2D eigenvalue weighted by Crippen LogP contribution is -2.54. The normalized spacial score (nSPS) is 18.4. The summed E-state index contributed by atoms with van der Waals surface area (Å²) in [6, 6.07) is 9.59. The summed E-state index contributed by atoms with van der Waals surface area (Å²) in [5.41, 5.74) is -1.02. The predicted octanol–water partition coefficient (Wildman–Crippen LogP) is 1.66. The van der Waals surface area contributed by atoms with Crippen molar-refractivity contribution in [3.63, 3.8) is 0 Å². The Bertz CT molecular complexity index is 389. The van der Waals surface area contributed by atoms with E-state index in [1.807, 2.05) is 30.3 Å². The van der Waals surface area contributed by atoms with Gasteiger partial charge in [0.25, 0.3) is 0 Å². The molecule has 0 amide bonds. The van der Waals surface area contributed by atoms with Gasteiger partial charge < -0.3 is 9.84 Å². The maximum Gasteiger partial charge on any atom is 0.327 e. The molecule has 0 saturated heterocycles. The molecule has 0 heterocycles. The van der Waals surface area contributed by atoms with Crippen molar-refractivity contribution >= 4 is 5.97 Å². The van der Waals surface area contributed by atoms with Crippen LogP contribution in [0.1, 0.15) is 19.8 Å². The number of rotatable bonds is 6. The molecule has 1 fully saturated rings. The van der Waals surface area contributed by atoms with E-state index in [0.717, 1.165) is 12.8 Å². The molecule has 0 aromatic heterocycles. The van der Waals surface area contributed by atoms with Crippen molar-refractivity contribution in [3.8, 4) is 5.75 Å². The Morgan fingerprint density at radius 1 is 1.47 bits per heavy atom. The van der Waals surface area contributed by atoms with Crippen molar-refractivity contribution in [2.75, 3.05) is 6.61 Å². The summed E-state index contributed by atoms with van der Waals surface area (Å²) < 4.78 is 5.52. The van der Waals surface area contributed by atoms with Crippen LogP contribution in [0.5, 0.6) is 5.75 Å². The molecule has 0 spiro atoms. The molecule has 0 radical (unpaired) electrons. The second-order valence-electron chi connectivity index (χ2n) is 4.66. The first-order valence-corrected chi connectivity index (χ1v) is 5.79. The Balaban J connectivity index is 1.95. The van der Waals surface area contributed by atoms with Gasteiger partial charge in [-0.25, -0.2) is 0 Å². The lowest BCUT2D eigenvalue weighted by Gasteiger charge is -2.26. The quantitative estimate of drug-likeness (QED) is 0.787. The summed E-state index contributed by atoms with van der Waals surface area (Å²) in [5.74, 6) is -0.182. The van der Waals surface area contributed by atoms with E-state index in [0.29, 0.717) is 11.8 Å². The Kier molecular flexibility index (Phi) is 3.33. The first-order chi connectivity index (χ1) is 8.10. The zero-order valence-electron chi connectivity index (χ0n) is 9.85. The van der Waals surface area contributed by atoms with Crippen LogP contribution >= 0.6 is 0 Å². The zero-order valence-corrected chi connectivity index (χ0v) is 9.85. The molecule has 92 valence electrons. The van der Waals surface area contributed by atoms with E-state index in [9.17, 15) is 9.90 Å². The summed E-state index contributed by atoms with van der Waals surface area (Å²) in [5, 5.41) is 12.4. The standard InChI is InChI=1S/C13H17NO3/c1-13(12(15)16,14-10-7-8-10)9-17-11-5-3-2-4-6-11/h2-6,10,14H,7-9H2,1H3,(H,15,16). The van der Waals surface area contributed by atoms with Crippen molar-refractivity contribution in [1.82, 2.24) is 5.32 Å². The third-order valence-electron chi connectivity index (χ3n) is 2.84. The maximum absolute atomic E-state index is 11.3. The zero-order chi connectivity index (χ0) is 12.3. The average Bonchev–Trinajstić information content (AvgIpc) is 3.11. The fourth-order valence-corrected chi connectivity index (χ4v) is 1.59. The molecule has 17 heavy (non-hydrogen) atoms. The van der Waals surface area contributed by atoms with Gasteiger partial charge in [-0.2, -0.15) is 0 Å². The summed E-state index contributed by atoms with van der Waals surface area (Å²) in [4.78, 5) is 11.3. The second kappa shape index (κ2) is 4.75. The smallest absolute Gasteiger partial charge is 0.327 e. The number of hydrogen-bond donors (Lipinski definition) is 2. The van der Waals surface area contributed by atoms with Crippen LogP contribution in [-0.4, -0.2) is 29.3 Å². The monoisotopic (exact) mass is 235 g/mol. The minimum atomic E-state index is -1.02. The highest BCUT2D eigenvalue weighted by Gasteiger charge is 2.39. The lowest BCUT2D eigenvalue weighted by atomic mass is 10.0. The Hall–Kier alpha value is -1.55. The third-order valence-corrected chi connectivity index (χ3v) is 2.84. The highest BCUT2D eigenvalue weighted by atomic mass is 16.5. The Morgan fingerprint density at radius 2 is 2.12 bits per heavy atom. The van der Waals surface area contributed by atoms with Gasteiger partial charge in [0.2, 0.25) is 0 Å². The van der Waals surface area contributed by atoms with E-state index < -0.39 is 11.5 Å². The Morgan fingerprint density at radius 3 is 2.65 bits per heavy atom. The molecule has 2 rings (SSSR count). The molecule has 4 heteroatoms. The maximum atomic E-state index is 11.3. The fourth-order valence-electron chi connectivity index (χ4n) is 1.59. The van der Waals surface area contributed by atoms with Crippen LogP contribution in [0.4, 0.5) is 0 Å². The molecule has 4 nitrogen and oxygen atoms in total. The number of aliphatic carboxylic acids is 1. The predicted molar refractivity (Wildman–Crippen MR) is 64.1 cm³/mol. The second-order valence-corrected chi connectivity index (χ2v) is 4.66. The van der Waals surface area contributed by atoms with Crippen molar-refractivity contribution in [1.29, 1.82) is 0 Å².